The summed E-state index contributed by atoms with van der Waals surface area (Å²) in [7, 11) is 0. The van der Waals surface area contributed by atoms with Crippen LogP contribution in [0.5, 0.6) is 0 Å². The zero-order valence-electron chi connectivity index (χ0n) is 9.31. The molecule has 1 aromatic carbocycles. The Morgan fingerprint density at radius 1 is 1.31 bits per heavy atom. The number of nitrogens with one attached hydrogen (secondary N) is 1. The molecule has 0 aromatic heterocycles. The van der Waals surface area contributed by atoms with Crippen molar-refractivity contribution in [3.63, 3.8) is 0 Å². The van der Waals surface area contributed by atoms with Crippen molar-refractivity contribution in [2.75, 3.05) is 6.54 Å². The van der Waals surface area contributed by atoms with Crippen LogP contribution in [0, 0.1) is 5.82 Å². The van der Waals surface area contributed by atoms with Gasteiger partial charge in [-0.25, -0.2) is 4.39 Å². The van der Waals surface area contributed by atoms with Crippen molar-refractivity contribution in [3.8, 4) is 0 Å². The van der Waals surface area contributed by atoms with Crippen LogP contribution < -0.4 is 5.32 Å². The van der Waals surface area contributed by atoms with Crippen LogP contribution in [0.15, 0.2) is 18.2 Å². The van der Waals surface area contributed by atoms with Gasteiger partial charge in [-0.3, -0.25) is 0 Å². The lowest BCUT2D eigenvalue weighted by atomic mass is 10.1. The van der Waals surface area contributed by atoms with Gasteiger partial charge >= 0.3 is 0 Å². The molecule has 0 heterocycles. The van der Waals surface area contributed by atoms with Crippen molar-refractivity contribution >= 4 is 11.6 Å². The molecule has 0 aliphatic heterocycles. The second-order valence-corrected chi connectivity index (χ2v) is 4.86. The average Bonchev–Trinajstić information content (AvgIpc) is 3.06. The minimum Gasteiger partial charge on any atom is -0.314 e. The average molecular weight is 242 g/mol. The summed E-state index contributed by atoms with van der Waals surface area (Å²) in [4.78, 5) is 0. The maximum absolute atomic E-state index is 13.3. The number of aryl methyl sites for hydroxylation is 1. The summed E-state index contributed by atoms with van der Waals surface area (Å²) in [6, 6.07) is 5.53. The highest BCUT2D eigenvalue weighted by Crippen LogP contribution is 2.19. The van der Waals surface area contributed by atoms with E-state index in [0.717, 1.165) is 37.4 Å². The quantitative estimate of drug-likeness (QED) is 0.751. The lowest BCUT2D eigenvalue weighted by Gasteiger charge is -2.05. The molecule has 1 aromatic rings. The van der Waals surface area contributed by atoms with Gasteiger partial charge in [-0.05, 0) is 62.4 Å². The van der Waals surface area contributed by atoms with E-state index in [1.807, 2.05) is 0 Å². The Morgan fingerprint density at radius 3 is 2.88 bits per heavy atom. The standard InChI is InChI=1S/C13H17ClFN/c14-11-4-7-13(15)10(9-11)3-1-2-8-16-12-5-6-12/h4,7,9,12,16H,1-3,5-6,8H2. The van der Waals surface area contributed by atoms with Gasteiger partial charge in [-0.2, -0.15) is 0 Å². The Kier molecular flexibility index (Phi) is 4.19. The molecule has 1 fully saturated rings. The van der Waals surface area contributed by atoms with Gasteiger partial charge in [0.2, 0.25) is 0 Å². The molecule has 0 radical (unpaired) electrons. The van der Waals surface area contributed by atoms with Gasteiger partial charge in [0.25, 0.3) is 0 Å². The van der Waals surface area contributed by atoms with Crippen molar-refractivity contribution in [2.45, 2.75) is 38.1 Å². The zero-order valence-corrected chi connectivity index (χ0v) is 10.1. The second-order valence-electron chi connectivity index (χ2n) is 4.42. The number of hydrogen-bond acceptors (Lipinski definition) is 1. The predicted molar refractivity (Wildman–Crippen MR) is 65.4 cm³/mol. The molecular formula is C13H17ClFN. The summed E-state index contributed by atoms with van der Waals surface area (Å²) in [6.07, 6.45) is 5.53. The van der Waals surface area contributed by atoms with Gasteiger partial charge in [-0.15, -0.1) is 0 Å². The lowest BCUT2D eigenvalue weighted by Crippen LogP contribution is -2.17. The van der Waals surface area contributed by atoms with E-state index in [2.05, 4.69) is 5.32 Å². The molecule has 1 aliphatic carbocycles. The Hall–Kier alpha value is -0.600. The Balaban J connectivity index is 1.69. The molecule has 3 heteroatoms. The maximum atomic E-state index is 13.3. The largest absolute Gasteiger partial charge is 0.314 e. The van der Waals surface area contributed by atoms with Gasteiger partial charge in [-0.1, -0.05) is 11.6 Å². The zero-order chi connectivity index (χ0) is 11.4. The van der Waals surface area contributed by atoms with E-state index in [-0.39, 0.29) is 5.82 Å². The summed E-state index contributed by atoms with van der Waals surface area (Å²) < 4.78 is 13.3. The van der Waals surface area contributed by atoms with E-state index in [1.165, 1.54) is 18.9 Å². The van der Waals surface area contributed by atoms with Crippen molar-refractivity contribution in [1.29, 1.82) is 0 Å². The third-order valence-corrected chi connectivity index (χ3v) is 3.13. The smallest absolute Gasteiger partial charge is 0.126 e. The van der Waals surface area contributed by atoms with Crippen LogP contribution in [0.25, 0.3) is 0 Å². The SMILES string of the molecule is Fc1ccc(Cl)cc1CCCCNC1CC1. The first-order chi connectivity index (χ1) is 7.75. The fraction of sp³-hybridized carbons (Fsp3) is 0.538. The minimum atomic E-state index is -0.139. The molecule has 1 aliphatic rings. The molecule has 0 bridgehead atoms. The highest BCUT2D eigenvalue weighted by Gasteiger charge is 2.19. The van der Waals surface area contributed by atoms with Crippen LogP contribution in [-0.4, -0.2) is 12.6 Å². The number of unbranched alkanes of at least 4 members (excludes halogenated alkanes) is 1. The first kappa shape index (κ1) is 11.9. The van der Waals surface area contributed by atoms with E-state index in [1.54, 1.807) is 12.1 Å². The molecule has 2 rings (SSSR count). The van der Waals surface area contributed by atoms with Gasteiger partial charge in [0.15, 0.2) is 0 Å². The summed E-state index contributed by atoms with van der Waals surface area (Å²) in [6.45, 7) is 1.05. The van der Waals surface area contributed by atoms with E-state index < -0.39 is 0 Å². The first-order valence-corrected chi connectivity index (χ1v) is 6.31. The molecule has 0 saturated heterocycles. The monoisotopic (exact) mass is 241 g/mol. The molecule has 0 spiro atoms. The fourth-order valence-electron chi connectivity index (χ4n) is 1.77. The van der Waals surface area contributed by atoms with Crippen molar-refractivity contribution in [1.82, 2.24) is 5.32 Å². The van der Waals surface area contributed by atoms with Crippen LogP contribution in [0.1, 0.15) is 31.2 Å². The number of halogens is 2. The van der Waals surface area contributed by atoms with Crippen LogP contribution >= 0.6 is 11.6 Å². The maximum Gasteiger partial charge on any atom is 0.126 e. The molecule has 16 heavy (non-hydrogen) atoms. The third-order valence-electron chi connectivity index (χ3n) is 2.89. The van der Waals surface area contributed by atoms with Gasteiger partial charge < -0.3 is 5.32 Å². The van der Waals surface area contributed by atoms with Crippen LogP contribution in [0.3, 0.4) is 0 Å². The fourth-order valence-corrected chi connectivity index (χ4v) is 1.96. The third kappa shape index (κ3) is 3.76. The Morgan fingerprint density at radius 2 is 2.12 bits per heavy atom. The van der Waals surface area contributed by atoms with E-state index >= 15 is 0 Å². The Labute approximate surface area is 101 Å². The van der Waals surface area contributed by atoms with Crippen molar-refractivity contribution in [2.24, 2.45) is 0 Å². The van der Waals surface area contributed by atoms with Crippen LogP contribution in [-0.2, 0) is 6.42 Å². The molecule has 1 nitrogen and oxygen atoms in total. The van der Waals surface area contributed by atoms with Gasteiger partial charge in [0, 0.05) is 11.1 Å². The van der Waals surface area contributed by atoms with Gasteiger partial charge in [0.1, 0.15) is 5.82 Å². The normalized spacial score (nSPS) is 15.4. The minimum absolute atomic E-state index is 0.139. The van der Waals surface area contributed by atoms with E-state index in [9.17, 15) is 4.39 Å². The summed E-state index contributed by atoms with van der Waals surface area (Å²) in [5, 5.41) is 4.07. The van der Waals surface area contributed by atoms with Crippen LogP contribution in [0.2, 0.25) is 5.02 Å². The molecule has 1 saturated carbocycles. The first-order valence-electron chi connectivity index (χ1n) is 5.93. The van der Waals surface area contributed by atoms with Crippen molar-refractivity contribution < 1.29 is 4.39 Å². The molecule has 0 amide bonds. The Bertz CT molecular complexity index is 350. The topological polar surface area (TPSA) is 12.0 Å². The van der Waals surface area contributed by atoms with Crippen LogP contribution in [0.4, 0.5) is 4.39 Å². The molecular weight excluding hydrogens is 225 g/mol. The number of hydrogen-bond donors (Lipinski definition) is 1. The highest BCUT2D eigenvalue weighted by atomic mass is 35.5. The van der Waals surface area contributed by atoms with Crippen molar-refractivity contribution in [3.05, 3.63) is 34.6 Å². The second kappa shape index (κ2) is 5.65. The summed E-state index contributed by atoms with van der Waals surface area (Å²) in [5.74, 6) is -0.139. The molecule has 0 unspecified atom stereocenters. The van der Waals surface area contributed by atoms with E-state index in [0.29, 0.717) is 5.02 Å². The number of rotatable bonds is 6. The molecule has 0 atom stereocenters. The summed E-state index contributed by atoms with van der Waals surface area (Å²) >= 11 is 5.83. The van der Waals surface area contributed by atoms with Gasteiger partial charge in [0.05, 0.1) is 0 Å². The molecule has 1 N–H and O–H groups in total. The molecule has 88 valence electrons. The predicted octanol–water partition coefficient (Wildman–Crippen LogP) is 3.55. The number of benzene rings is 1. The summed E-state index contributed by atoms with van der Waals surface area (Å²) in [5.41, 5.74) is 0.735. The lowest BCUT2D eigenvalue weighted by molar-refractivity contribution is 0.586. The highest BCUT2D eigenvalue weighted by molar-refractivity contribution is 6.30. The van der Waals surface area contributed by atoms with E-state index in [4.69, 9.17) is 11.6 Å².